The Morgan fingerprint density at radius 2 is 2.00 bits per heavy atom. The Bertz CT molecular complexity index is 591. The van der Waals surface area contributed by atoms with Crippen LogP contribution in [0.15, 0.2) is 57.4 Å². The number of nitrogens with one attached hydrogen (secondary N) is 1. The standard InChI is InChI=1S/C14H11BrN2OS/c15-12(9-11-5-2-1-3-6-11)10-16-17-14(18)13-7-4-8-19-13/h1-10H,(H,17,18)/b12-9-,16-10+. The number of carbonyl (C=O) groups excluding carboxylic acids is 1. The lowest BCUT2D eigenvalue weighted by molar-refractivity contribution is 0.0959. The van der Waals surface area contributed by atoms with Gasteiger partial charge >= 0.3 is 0 Å². The maximum Gasteiger partial charge on any atom is 0.281 e. The molecule has 1 aromatic carbocycles. The van der Waals surface area contributed by atoms with Gasteiger partial charge in [0, 0.05) is 4.48 Å². The van der Waals surface area contributed by atoms with E-state index in [-0.39, 0.29) is 5.91 Å². The molecule has 0 fully saturated rings. The van der Waals surface area contributed by atoms with Crippen LogP contribution in [0.5, 0.6) is 0 Å². The van der Waals surface area contributed by atoms with Crippen molar-refractivity contribution in [2.75, 3.05) is 0 Å². The Kier molecular flexibility index (Phi) is 5.06. The van der Waals surface area contributed by atoms with E-state index in [2.05, 4.69) is 26.5 Å². The molecule has 0 saturated carbocycles. The van der Waals surface area contributed by atoms with Gasteiger partial charge in [-0.2, -0.15) is 5.10 Å². The van der Waals surface area contributed by atoms with Crippen LogP contribution >= 0.6 is 27.3 Å². The maximum atomic E-state index is 11.6. The Balaban J connectivity index is 1.92. The van der Waals surface area contributed by atoms with E-state index >= 15 is 0 Å². The van der Waals surface area contributed by atoms with Crippen LogP contribution in [0.25, 0.3) is 6.08 Å². The average molecular weight is 335 g/mol. The van der Waals surface area contributed by atoms with Gasteiger partial charge in [0.25, 0.3) is 5.91 Å². The number of benzene rings is 1. The van der Waals surface area contributed by atoms with Crippen molar-refractivity contribution in [3.63, 3.8) is 0 Å². The second kappa shape index (κ2) is 7.01. The zero-order chi connectivity index (χ0) is 13.5. The van der Waals surface area contributed by atoms with E-state index in [0.717, 1.165) is 10.0 Å². The SMILES string of the molecule is O=C(N/N=C/C(Br)=C/c1ccccc1)c1cccs1. The Morgan fingerprint density at radius 1 is 1.21 bits per heavy atom. The number of hydrogen-bond donors (Lipinski definition) is 1. The number of thiophene rings is 1. The summed E-state index contributed by atoms with van der Waals surface area (Å²) in [6.45, 7) is 0. The van der Waals surface area contributed by atoms with Crippen LogP contribution in [0.4, 0.5) is 0 Å². The highest BCUT2D eigenvalue weighted by molar-refractivity contribution is 9.12. The molecule has 0 radical (unpaired) electrons. The summed E-state index contributed by atoms with van der Waals surface area (Å²) in [6.07, 6.45) is 3.47. The van der Waals surface area contributed by atoms with E-state index in [4.69, 9.17) is 0 Å². The third-order valence-corrected chi connectivity index (χ3v) is 3.51. The monoisotopic (exact) mass is 334 g/mol. The quantitative estimate of drug-likeness (QED) is 0.668. The second-order valence-corrected chi connectivity index (χ2v) is 5.48. The summed E-state index contributed by atoms with van der Waals surface area (Å²) >= 11 is 4.76. The van der Waals surface area contributed by atoms with Crippen LogP contribution in [0, 0.1) is 0 Å². The molecule has 0 aliphatic rings. The molecule has 0 aliphatic carbocycles. The topological polar surface area (TPSA) is 41.5 Å². The zero-order valence-corrected chi connectivity index (χ0v) is 12.3. The normalized spacial score (nSPS) is 11.7. The molecule has 0 unspecified atom stereocenters. The summed E-state index contributed by atoms with van der Waals surface area (Å²) in [6, 6.07) is 13.4. The Hall–Kier alpha value is -1.72. The number of rotatable bonds is 4. The Labute approximate surface area is 123 Å². The van der Waals surface area contributed by atoms with E-state index < -0.39 is 0 Å². The van der Waals surface area contributed by atoms with E-state index in [1.807, 2.05) is 47.9 Å². The van der Waals surface area contributed by atoms with Crippen molar-refractivity contribution < 1.29 is 4.79 Å². The van der Waals surface area contributed by atoms with E-state index in [1.165, 1.54) is 11.3 Å². The van der Waals surface area contributed by atoms with Gasteiger partial charge in [0.2, 0.25) is 0 Å². The van der Waals surface area contributed by atoms with Gasteiger partial charge in [0.05, 0.1) is 11.1 Å². The third-order valence-electron chi connectivity index (χ3n) is 2.20. The molecule has 1 heterocycles. The van der Waals surface area contributed by atoms with Crippen molar-refractivity contribution in [1.82, 2.24) is 5.43 Å². The summed E-state index contributed by atoms with van der Waals surface area (Å²) in [5, 5.41) is 5.74. The molecule has 3 nitrogen and oxygen atoms in total. The molecular weight excluding hydrogens is 324 g/mol. The third kappa shape index (κ3) is 4.46. The predicted molar refractivity (Wildman–Crippen MR) is 83.6 cm³/mol. The largest absolute Gasteiger partial charge is 0.281 e. The fourth-order valence-electron chi connectivity index (χ4n) is 1.36. The molecule has 19 heavy (non-hydrogen) atoms. The average Bonchev–Trinajstić information content (AvgIpc) is 2.93. The minimum Gasteiger partial charge on any atom is -0.266 e. The highest BCUT2D eigenvalue weighted by Crippen LogP contribution is 2.10. The van der Waals surface area contributed by atoms with Gasteiger partial charge in [-0.05, 0) is 39.0 Å². The molecule has 96 valence electrons. The fraction of sp³-hybridized carbons (Fsp3) is 0. The summed E-state index contributed by atoms with van der Waals surface area (Å²) in [4.78, 5) is 12.2. The molecule has 0 spiro atoms. The van der Waals surface area contributed by atoms with Crippen LogP contribution in [0.3, 0.4) is 0 Å². The Morgan fingerprint density at radius 3 is 2.68 bits per heavy atom. The first-order valence-electron chi connectivity index (χ1n) is 5.55. The summed E-state index contributed by atoms with van der Waals surface area (Å²) in [5.74, 6) is -0.203. The summed E-state index contributed by atoms with van der Waals surface area (Å²) < 4.78 is 0.783. The number of hydrogen-bond acceptors (Lipinski definition) is 3. The predicted octanol–water partition coefficient (Wildman–Crippen LogP) is 3.90. The van der Waals surface area contributed by atoms with Gasteiger partial charge in [0.1, 0.15) is 0 Å². The van der Waals surface area contributed by atoms with Gasteiger partial charge < -0.3 is 0 Å². The molecular formula is C14H11BrN2OS. The van der Waals surface area contributed by atoms with Crippen molar-refractivity contribution in [2.24, 2.45) is 5.10 Å². The lowest BCUT2D eigenvalue weighted by Crippen LogP contribution is -2.15. The van der Waals surface area contributed by atoms with Crippen molar-refractivity contribution in [2.45, 2.75) is 0 Å². The van der Waals surface area contributed by atoms with Crippen LogP contribution < -0.4 is 5.43 Å². The smallest absolute Gasteiger partial charge is 0.266 e. The van der Waals surface area contributed by atoms with Gasteiger partial charge in [-0.15, -0.1) is 11.3 Å². The maximum absolute atomic E-state index is 11.6. The molecule has 0 saturated heterocycles. The fourth-order valence-corrected chi connectivity index (χ4v) is 2.34. The number of allylic oxidation sites excluding steroid dienone is 1. The molecule has 5 heteroatoms. The van der Waals surface area contributed by atoms with Crippen LogP contribution in [0.1, 0.15) is 15.2 Å². The lowest BCUT2D eigenvalue weighted by atomic mass is 10.2. The number of nitrogens with zero attached hydrogens (tertiary/aromatic N) is 1. The van der Waals surface area contributed by atoms with Crippen molar-refractivity contribution in [3.05, 3.63) is 62.8 Å². The number of hydrazone groups is 1. The van der Waals surface area contributed by atoms with Gasteiger partial charge in [-0.3, -0.25) is 4.79 Å². The summed E-state index contributed by atoms with van der Waals surface area (Å²) in [5.41, 5.74) is 3.53. The lowest BCUT2D eigenvalue weighted by Gasteiger charge is -1.95. The van der Waals surface area contributed by atoms with Crippen LogP contribution in [-0.2, 0) is 0 Å². The van der Waals surface area contributed by atoms with Crippen LogP contribution in [-0.4, -0.2) is 12.1 Å². The minimum absolute atomic E-state index is 0.203. The molecule has 2 rings (SSSR count). The number of carbonyl (C=O) groups is 1. The number of halogens is 1. The van der Waals surface area contributed by atoms with Crippen molar-refractivity contribution in [1.29, 1.82) is 0 Å². The first kappa shape index (κ1) is 13.7. The number of amides is 1. The van der Waals surface area contributed by atoms with E-state index in [1.54, 1.807) is 12.3 Å². The molecule has 2 aromatic rings. The highest BCUT2D eigenvalue weighted by Gasteiger charge is 2.03. The molecule has 1 aromatic heterocycles. The second-order valence-electron chi connectivity index (χ2n) is 3.62. The van der Waals surface area contributed by atoms with E-state index in [9.17, 15) is 4.79 Å². The van der Waals surface area contributed by atoms with Gasteiger partial charge in [-0.25, -0.2) is 5.43 Å². The van der Waals surface area contributed by atoms with Gasteiger partial charge in [0.15, 0.2) is 0 Å². The van der Waals surface area contributed by atoms with Crippen molar-refractivity contribution >= 4 is 45.5 Å². The highest BCUT2D eigenvalue weighted by atomic mass is 79.9. The van der Waals surface area contributed by atoms with Crippen LogP contribution in [0.2, 0.25) is 0 Å². The molecule has 0 bridgehead atoms. The first-order valence-corrected chi connectivity index (χ1v) is 7.22. The van der Waals surface area contributed by atoms with Gasteiger partial charge in [-0.1, -0.05) is 36.4 Å². The zero-order valence-electron chi connectivity index (χ0n) is 9.92. The minimum atomic E-state index is -0.203. The first-order chi connectivity index (χ1) is 9.25. The van der Waals surface area contributed by atoms with Crippen molar-refractivity contribution in [3.8, 4) is 0 Å². The molecule has 1 amide bonds. The molecule has 0 aliphatic heterocycles. The molecule has 0 atom stereocenters. The van der Waals surface area contributed by atoms with E-state index in [0.29, 0.717) is 4.88 Å². The molecule has 1 N–H and O–H groups in total. The summed E-state index contributed by atoms with van der Waals surface area (Å²) in [7, 11) is 0.